The lowest BCUT2D eigenvalue weighted by Crippen LogP contribution is -2.12. The molecule has 4 heteroatoms. The van der Waals surface area contributed by atoms with E-state index in [0.717, 1.165) is 0 Å². The smallest absolute Gasteiger partial charge is 0.255 e. The topological polar surface area (TPSA) is 38.3 Å². The third-order valence-corrected chi connectivity index (χ3v) is 3.43. The van der Waals surface area contributed by atoms with Crippen molar-refractivity contribution in [3.8, 4) is 11.5 Å². The van der Waals surface area contributed by atoms with Gasteiger partial charge in [0.25, 0.3) is 5.91 Å². The zero-order valence-corrected chi connectivity index (χ0v) is 13.0. The molecule has 1 amide bonds. The summed E-state index contributed by atoms with van der Waals surface area (Å²) in [5.41, 5.74) is 1.09. The van der Waals surface area contributed by atoms with Crippen molar-refractivity contribution in [1.29, 1.82) is 0 Å². The molecule has 3 rings (SSSR count). The van der Waals surface area contributed by atoms with Gasteiger partial charge in [-0.15, -0.1) is 0 Å². The highest BCUT2D eigenvalue weighted by molar-refractivity contribution is 6.31. The Morgan fingerprint density at radius 2 is 1.52 bits per heavy atom. The van der Waals surface area contributed by atoms with E-state index >= 15 is 0 Å². The van der Waals surface area contributed by atoms with Gasteiger partial charge in [0.15, 0.2) is 5.75 Å². The lowest BCUT2D eigenvalue weighted by atomic mass is 10.2. The molecule has 0 heterocycles. The van der Waals surface area contributed by atoms with E-state index in [4.69, 9.17) is 16.3 Å². The molecule has 23 heavy (non-hydrogen) atoms. The minimum Gasteiger partial charge on any atom is -0.455 e. The molecule has 114 valence electrons. The lowest BCUT2D eigenvalue weighted by molar-refractivity contribution is 0.102. The molecule has 0 atom stereocenters. The number of anilines is 1. The fourth-order valence-electron chi connectivity index (χ4n) is 2.09. The Bertz CT molecular complexity index is 804. The minimum atomic E-state index is -0.217. The highest BCUT2D eigenvalue weighted by atomic mass is 35.5. The van der Waals surface area contributed by atoms with Gasteiger partial charge in [-0.2, -0.15) is 0 Å². The van der Waals surface area contributed by atoms with Crippen LogP contribution in [0.3, 0.4) is 0 Å². The van der Waals surface area contributed by atoms with Crippen molar-refractivity contribution in [3.63, 3.8) is 0 Å². The molecule has 0 radical (unpaired) electrons. The summed E-state index contributed by atoms with van der Waals surface area (Å²) in [5.74, 6) is 1.00. The molecule has 0 aliphatic carbocycles. The van der Waals surface area contributed by atoms with Gasteiger partial charge in [0.2, 0.25) is 0 Å². The van der Waals surface area contributed by atoms with Crippen LogP contribution in [0.4, 0.5) is 5.69 Å². The van der Waals surface area contributed by atoms with Gasteiger partial charge < -0.3 is 10.1 Å². The SMILES string of the molecule is O=C(Nc1cc(Cl)ccc1Oc1ccccc1)c1ccccc1. The molecule has 0 aromatic heterocycles. The maximum absolute atomic E-state index is 12.3. The van der Waals surface area contributed by atoms with Crippen LogP contribution >= 0.6 is 11.6 Å². The molecule has 3 aromatic carbocycles. The van der Waals surface area contributed by atoms with Crippen molar-refractivity contribution >= 4 is 23.2 Å². The largest absolute Gasteiger partial charge is 0.455 e. The first-order valence-electron chi connectivity index (χ1n) is 7.11. The zero-order valence-electron chi connectivity index (χ0n) is 12.2. The van der Waals surface area contributed by atoms with E-state index in [2.05, 4.69) is 5.32 Å². The van der Waals surface area contributed by atoms with Gasteiger partial charge in [-0.05, 0) is 42.5 Å². The van der Waals surface area contributed by atoms with E-state index in [9.17, 15) is 4.79 Å². The molecule has 1 N–H and O–H groups in total. The van der Waals surface area contributed by atoms with Crippen LogP contribution in [0.25, 0.3) is 0 Å². The predicted octanol–water partition coefficient (Wildman–Crippen LogP) is 5.38. The summed E-state index contributed by atoms with van der Waals surface area (Å²) in [4.78, 5) is 12.3. The van der Waals surface area contributed by atoms with Gasteiger partial charge in [-0.1, -0.05) is 48.0 Å². The molecule has 0 bridgehead atoms. The van der Waals surface area contributed by atoms with Crippen LogP contribution in [-0.2, 0) is 0 Å². The van der Waals surface area contributed by atoms with E-state index < -0.39 is 0 Å². The second kappa shape index (κ2) is 6.99. The van der Waals surface area contributed by atoms with Crippen molar-refractivity contribution in [1.82, 2.24) is 0 Å². The number of benzene rings is 3. The summed E-state index contributed by atoms with van der Waals surface area (Å²) >= 11 is 6.04. The van der Waals surface area contributed by atoms with Crippen molar-refractivity contribution in [2.24, 2.45) is 0 Å². The maximum atomic E-state index is 12.3. The Labute approximate surface area is 139 Å². The number of amides is 1. The molecule has 3 nitrogen and oxygen atoms in total. The summed E-state index contributed by atoms with van der Waals surface area (Å²) in [6.07, 6.45) is 0. The van der Waals surface area contributed by atoms with Crippen molar-refractivity contribution < 1.29 is 9.53 Å². The molecular weight excluding hydrogens is 310 g/mol. The molecule has 3 aromatic rings. The number of ether oxygens (including phenoxy) is 1. The fourth-order valence-corrected chi connectivity index (χ4v) is 2.26. The van der Waals surface area contributed by atoms with Crippen LogP contribution in [0.15, 0.2) is 78.9 Å². The van der Waals surface area contributed by atoms with E-state index in [-0.39, 0.29) is 5.91 Å². The number of rotatable bonds is 4. The van der Waals surface area contributed by atoms with Crippen molar-refractivity contribution in [3.05, 3.63) is 89.4 Å². The average molecular weight is 324 g/mol. The predicted molar refractivity (Wildman–Crippen MR) is 92.4 cm³/mol. The van der Waals surface area contributed by atoms with Gasteiger partial charge in [0.1, 0.15) is 5.75 Å². The second-order valence-corrected chi connectivity index (χ2v) is 5.31. The van der Waals surface area contributed by atoms with E-state index in [1.165, 1.54) is 0 Å². The number of halogens is 1. The quantitative estimate of drug-likeness (QED) is 0.699. The molecule has 0 unspecified atom stereocenters. The average Bonchev–Trinajstić information content (AvgIpc) is 2.59. The van der Waals surface area contributed by atoms with Crippen LogP contribution in [0.1, 0.15) is 10.4 Å². The molecule has 0 aliphatic rings. The summed E-state index contributed by atoms with van der Waals surface area (Å²) < 4.78 is 5.83. The fraction of sp³-hybridized carbons (Fsp3) is 0. The summed E-state index contributed by atoms with van der Waals surface area (Å²) in [6.45, 7) is 0. The standard InChI is InChI=1S/C19H14ClNO2/c20-15-11-12-18(23-16-9-5-2-6-10-16)17(13-15)21-19(22)14-7-3-1-4-8-14/h1-13H,(H,21,22). The van der Waals surface area contributed by atoms with Crippen LogP contribution in [-0.4, -0.2) is 5.91 Å². The van der Waals surface area contributed by atoms with Crippen molar-refractivity contribution in [2.45, 2.75) is 0 Å². The molecule has 0 saturated heterocycles. The second-order valence-electron chi connectivity index (χ2n) is 4.88. The highest BCUT2D eigenvalue weighted by Gasteiger charge is 2.11. The van der Waals surface area contributed by atoms with Crippen LogP contribution in [0, 0.1) is 0 Å². The molecule has 0 spiro atoms. The van der Waals surface area contributed by atoms with E-state index in [0.29, 0.717) is 27.8 Å². The molecule has 0 saturated carbocycles. The van der Waals surface area contributed by atoms with Crippen molar-refractivity contribution in [2.75, 3.05) is 5.32 Å². The van der Waals surface area contributed by atoms with Gasteiger partial charge in [0, 0.05) is 10.6 Å². The number of carbonyl (C=O) groups is 1. The summed E-state index contributed by atoms with van der Waals surface area (Å²) in [5, 5.41) is 3.36. The first-order valence-corrected chi connectivity index (χ1v) is 7.49. The third kappa shape index (κ3) is 3.90. The van der Waals surface area contributed by atoms with Gasteiger partial charge in [-0.3, -0.25) is 4.79 Å². The monoisotopic (exact) mass is 323 g/mol. The van der Waals surface area contributed by atoms with Crippen LogP contribution in [0.2, 0.25) is 5.02 Å². The van der Waals surface area contributed by atoms with Gasteiger partial charge >= 0.3 is 0 Å². The third-order valence-electron chi connectivity index (χ3n) is 3.20. The number of carbonyl (C=O) groups excluding carboxylic acids is 1. The van der Waals surface area contributed by atoms with E-state index in [1.54, 1.807) is 30.3 Å². The van der Waals surface area contributed by atoms with Crippen LogP contribution in [0.5, 0.6) is 11.5 Å². The van der Waals surface area contributed by atoms with Gasteiger partial charge in [-0.25, -0.2) is 0 Å². The Kier molecular flexibility index (Phi) is 4.60. The Hall–Kier alpha value is -2.78. The Morgan fingerprint density at radius 3 is 2.22 bits per heavy atom. The number of hydrogen-bond acceptors (Lipinski definition) is 2. The van der Waals surface area contributed by atoms with E-state index in [1.807, 2.05) is 48.5 Å². The van der Waals surface area contributed by atoms with Crippen LogP contribution < -0.4 is 10.1 Å². The number of hydrogen-bond donors (Lipinski definition) is 1. The van der Waals surface area contributed by atoms with Gasteiger partial charge in [0.05, 0.1) is 5.69 Å². The zero-order chi connectivity index (χ0) is 16.1. The normalized spacial score (nSPS) is 10.1. The summed E-state index contributed by atoms with van der Waals surface area (Å²) in [7, 11) is 0. The Balaban J connectivity index is 1.86. The minimum absolute atomic E-state index is 0.217. The molecular formula is C19H14ClNO2. The number of nitrogens with one attached hydrogen (secondary N) is 1. The number of para-hydroxylation sites is 1. The summed E-state index contributed by atoms with van der Waals surface area (Å²) in [6, 6.07) is 23.5. The first kappa shape index (κ1) is 15.1. The molecule has 0 aliphatic heterocycles. The first-order chi connectivity index (χ1) is 11.2. The maximum Gasteiger partial charge on any atom is 0.255 e. The lowest BCUT2D eigenvalue weighted by Gasteiger charge is -2.13. The molecule has 0 fully saturated rings. The highest BCUT2D eigenvalue weighted by Crippen LogP contribution is 2.32. The Morgan fingerprint density at radius 1 is 0.870 bits per heavy atom.